The molecule has 1 fully saturated rings. The van der Waals surface area contributed by atoms with Gasteiger partial charge in [-0.3, -0.25) is 0 Å². The Kier molecular flexibility index (Phi) is 2.91. The molecule has 5 nitrogen and oxygen atoms in total. The number of nitrogens with two attached hydrogens (primary N) is 1. The molecule has 0 unspecified atom stereocenters. The molecule has 5 heteroatoms. The van der Waals surface area contributed by atoms with Gasteiger partial charge < -0.3 is 15.2 Å². The second kappa shape index (κ2) is 4.57. The van der Waals surface area contributed by atoms with Gasteiger partial charge in [-0.05, 0) is 25.3 Å². The van der Waals surface area contributed by atoms with E-state index in [1.54, 1.807) is 0 Å². The van der Waals surface area contributed by atoms with E-state index in [1.807, 2.05) is 30.2 Å². The van der Waals surface area contributed by atoms with Crippen LogP contribution in [0.1, 0.15) is 19.3 Å². The Morgan fingerprint density at radius 1 is 1.44 bits per heavy atom. The summed E-state index contributed by atoms with van der Waals surface area (Å²) in [5.41, 5.74) is 7.85. The Hall–Kier alpha value is -1.62. The van der Waals surface area contributed by atoms with Gasteiger partial charge in [0, 0.05) is 32.4 Å². The number of hydrogen-bond donors (Lipinski definition) is 1. The summed E-state index contributed by atoms with van der Waals surface area (Å²) in [6.45, 7) is 1.51. The summed E-state index contributed by atoms with van der Waals surface area (Å²) in [4.78, 5) is 11.3. The number of fused-ring (bicyclic) bond motifs is 1. The van der Waals surface area contributed by atoms with Crippen molar-refractivity contribution >= 4 is 16.9 Å². The highest BCUT2D eigenvalue weighted by atomic mass is 15.2. The Balaban J connectivity index is 2.04. The van der Waals surface area contributed by atoms with Crippen LogP contribution in [0, 0.1) is 0 Å². The van der Waals surface area contributed by atoms with Gasteiger partial charge in [0.1, 0.15) is 5.52 Å². The van der Waals surface area contributed by atoms with Gasteiger partial charge >= 0.3 is 0 Å². The first-order chi connectivity index (χ1) is 8.81. The maximum Gasteiger partial charge on any atom is 0.157 e. The lowest BCUT2D eigenvalue weighted by molar-refractivity contribution is 0.386. The molecule has 1 aliphatic rings. The van der Waals surface area contributed by atoms with Crippen LogP contribution in [0.5, 0.6) is 0 Å². The van der Waals surface area contributed by atoms with Crippen molar-refractivity contribution in [1.82, 2.24) is 14.5 Å². The molecule has 0 aromatic carbocycles. The molecule has 0 bridgehead atoms. The Labute approximate surface area is 107 Å². The lowest BCUT2D eigenvalue weighted by atomic mass is 9.91. The van der Waals surface area contributed by atoms with Crippen molar-refractivity contribution in [2.45, 2.75) is 25.3 Å². The van der Waals surface area contributed by atoms with Gasteiger partial charge in [0.25, 0.3) is 0 Å². The van der Waals surface area contributed by atoms with Crippen molar-refractivity contribution < 1.29 is 0 Å². The van der Waals surface area contributed by atoms with Crippen LogP contribution in [0.25, 0.3) is 11.0 Å². The third kappa shape index (κ3) is 1.75. The predicted molar refractivity (Wildman–Crippen MR) is 72.5 cm³/mol. The first kappa shape index (κ1) is 11.5. The third-order valence-corrected chi connectivity index (χ3v) is 3.78. The molecule has 0 atom stereocenters. The highest BCUT2D eigenvalue weighted by Gasteiger charge is 2.27. The number of hydrogen-bond acceptors (Lipinski definition) is 4. The highest BCUT2D eigenvalue weighted by Crippen LogP contribution is 2.31. The van der Waals surface area contributed by atoms with Gasteiger partial charge in [-0.15, -0.1) is 0 Å². The molecule has 2 aromatic heterocycles. The SMILES string of the molecule is Cn1cnc2c(N(CCN)C3CCC3)nccc21. The zero-order valence-electron chi connectivity index (χ0n) is 10.7. The molecule has 0 saturated heterocycles. The van der Waals surface area contributed by atoms with Crippen LogP contribution in [-0.2, 0) is 7.05 Å². The molecule has 0 radical (unpaired) electrons. The van der Waals surface area contributed by atoms with Gasteiger partial charge in [0.2, 0.25) is 0 Å². The average Bonchev–Trinajstić information content (AvgIpc) is 2.69. The monoisotopic (exact) mass is 245 g/mol. The molecule has 1 saturated carbocycles. The number of aryl methyl sites for hydroxylation is 1. The first-order valence-corrected chi connectivity index (χ1v) is 6.54. The van der Waals surface area contributed by atoms with Gasteiger partial charge in [-0.1, -0.05) is 0 Å². The van der Waals surface area contributed by atoms with Crippen molar-refractivity contribution in [3.63, 3.8) is 0 Å². The van der Waals surface area contributed by atoms with E-state index in [4.69, 9.17) is 5.73 Å². The standard InChI is InChI=1S/C13H19N5/c1-17-9-16-12-11(17)5-7-15-13(12)18(8-6-14)10-3-2-4-10/h5,7,9-10H,2-4,6,8,14H2,1H3. The minimum Gasteiger partial charge on any atom is -0.351 e. The molecule has 0 spiro atoms. The van der Waals surface area contributed by atoms with E-state index in [2.05, 4.69) is 14.9 Å². The predicted octanol–water partition coefficient (Wildman–Crippen LogP) is 1.29. The minimum absolute atomic E-state index is 0.591. The summed E-state index contributed by atoms with van der Waals surface area (Å²) in [5.74, 6) is 0.989. The molecule has 2 N–H and O–H groups in total. The quantitative estimate of drug-likeness (QED) is 0.881. The summed E-state index contributed by atoms with van der Waals surface area (Å²) in [7, 11) is 2.01. The minimum atomic E-state index is 0.591. The number of anilines is 1. The maximum atomic E-state index is 5.74. The van der Waals surface area contributed by atoms with Crippen molar-refractivity contribution in [2.75, 3.05) is 18.0 Å². The van der Waals surface area contributed by atoms with Gasteiger partial charge in [0.05, 0.1) is 11.8 Å². The molecule has 96 valence electrons. The molecule has 2 heterocycles. The van der Waals surface area contributed by atoms with Crippen molar-refractivity contribution in [3.8, 4) is 0 Å². The maximum absolute atomic E-state index is 5.74. The highest BCUT2D eigenvalue weighted by molar-refractivity contribution is 5.86. The van der Waals surface area contributed by atoms with Crippen LogP contribution >= 0.6 is 0 Å². The lowest BCUT2D eigenvalue weighted by Crippen LogP contribution is -2.43. The molecule has 0 aliphatic heterocycles. The summed E-state index contributed by atoms with van der Waals surface area (Å²) in [6, 6.07) is 2.60. The van der Waals surface area contributed by atoms with E-state index in [9.17, 15) is 0 Å². The van der Waals surface area contributed by atoms with Crippen LogP contribution in [0.4, 0.5) is 5.82 Å². The van der Waals surface area contributed by atoms with Crippen LogP contribution in [-0.4, -0.2) is 33.7 Å². The summed E-state index contributed by atoms with van der Waals surface area (Å²) in [6.07, 6.45) is 7.50. The smallest absolute Gasteiger partial charge is 0.157 e. The van der Waals surface area contributed by atoms with Crippen molar-refractivity contribution in [2.24, 2.45) is 12.8 Å². The van der Waals surface area contributed by atoms with E-state index in [-0.39, 0.29) is 0 Å². The first-order valence-electron chi connectivity index (χ1n) is 6.54. The number of rotatable bonds is 4. The fourth-order valence-electron chi connectivity index (χ4n) is 2.56. The van der Waals surface area contributed by atoms with E-state index in [1.165, 1.54) is 19.3 Å². The molecular formula is C13H19N5. The van der Waals surface area contributed by atoms with Crippen LogP contribution in [0.2, 0.25) is 0 Å². The van der Waals surface area contributed by atoms with E-state index in [0.717, 1.165) is 23.4 Å². The third-order valence-electron chi connectivity index (χ3n) is 3.78. The number of pyridine rings is 1. The Morgan fingerprint density at radius 2 is 2.28 bits per heavy atom. The van der Waals surface area contributed by atoms with Gasteiger partial charge in [0.15, 0.2) is 5.82 Å². The van der Waals surface area contributed by atoms with Crippen LogP contribution < -0.4 is 10.6 Å². The molecule has 3 rings (SSSR count). The summed E-state index contributed by atoms with van der Waals surface area (Å²) in [5, 5.41) is 0. The van der Waals surface area contributed by atoms with Crippen LogP contribution in [0.3, 0.4) is 0 Å². The fraction of sp³-hybridized carbons (Fsp3) is 0.538. The number of nitrogens with zero attached hydrogens (tertiary/aromatic N) is 4. The fourth-order valence-corrected chi connectivity index (χ4v) is 2.56. The normalized spacial score (nSPS) is 15.9. The van der Waals surface area contributed by atoms with Crippen LogP contribution in [0.15, 0.2) is 18.6 Å². The van der Waals surface area contributed by atoms with E-state index < -0.39 is 0 Å². The van der Waals surface area contributed by atoms with E-state index >= 15 is 0 Å². The zero-order valence-corrected chi connectivity index (χ0v) is 10.7. The molecular weight excluding hydrogens is 226 g/mol. The molecule has 1 aliphatic carbocycles. The Morgan fingerprint density at radius 3 is 2.94 bits per heavy atom. The Bertz CT molecular complexity index is 543. The van der Waals surface area contributed by atoms with Crippen molar-refractivity contribution in [3.05, 3.63) is 18.6 Å². The largest absolute Gasteiger partial charge is 0.351 e. The van der Waals surface area contributed by atoms with Gasteiger partial charge in [-0.2, -0.15) is 0 Å². The molecule has 18 heavy (non-hydrogen) atoms. The molecule has 0 amide bonds. The van der Waals surface area contributed by atoms with E-state index in [0.29, 0.717) is 12.6 Å². The zero-order chi connectivity index (χ0) is 12.5. The van der Waals surface area contributed by atoms with Crippen molar-refractivity contribution in [1.29, 1.82) is 0 Å². The topological polar surface area (TPSA) is 60.0 Å². The number of aromatic nitrogens is 3. The average molecular weight is 245 g/mol. The number of imidazole rings is 1. The lowest BCUT2D eigenvalue weighted by Gasteiger charge is -2.38. The summed E-state index contributed by atoms with van der Waals surface area (Å²) >= 11 is 0. The second-order valence-corrected chi connectivity index (χ2v) is 4.92. The molecule has 2 aromatic rings. The van der Waals surface area contributed by atoms with Gasteiger partial charge in [-0.25, -0.2) is 9.97 Å². The summed E-state index contributed by atoms with van der Waals surface area (Å²) < 4.78 is 2.03. The second-order valence-electron chi connectivity index (χ2n) is 4.92.